The van der Waals surface area contributed by atoms with Crippen molar-refractivity contribution in [3.8, 4) is 0 Å². The summed E-state index contributed by atoms with van der Waals surface area (Å²) in [5.41, 5.74) is 8.02. The van der Waals surface area contributed by atoms with Gasteiger partial charge in [0.2, 0.25) is 0 Å². The lowest BCUT2D eigenvalue weighted by Gasteiger charge is -2.26. The lowest BCUT2D eigenvalue weighted by molar-refractivity contribution is 0.590. The summed E-state index contributed by atoms with van der Waals surface area (Å²) < 4.78 is 0. The van der Waals surface area contributed by atoms with Gasteiger partial charge in [-0.3, -0.25) is 0 Å². The molecular weight excluding hydrogens is 352 g/mol. The van der Waals surface area contributed by atoms with E-state index in [0.29, 0.717) is 0 Å². The van der Waals surface area contributed by atoms with Gasteiger partial charge >= 0.3 is 0 Å². The molecule has 0 N–H and O–H groups in total. The van der Waals surface area contributed by atoms with E-state index in [9.17, 15) is 0 Å². The van der Waals surface area contributed by atoms with E-state index < -0.39 is 0 Å². The van der Waals surface area contributed by atoms with E-state index in [2.05, 4.69) is 124 Å². The minimum absolute atomic E-state index is 0.135. The highest BCUT2D eigenvalue weighted by Crippen LogP contribution is 2.45. The Kier molecular flexibility index (Phi) is 4.69. The third-order valence-corrected chi connectivity index (χ3v) is 5.79. The zero-order chi connectivity index (χ0) is 20.8. The van der Waals surface area contributed by atoms with Crippen molar-refractivity contribution in [1.82, 2.24) is 0 Å². The van der Waals surface area contributed by atoms with Gasteiger partial charge in [-0.1, -0.05) is 77.9 Å². The molecule has 0 unspecified atom stereocenters. The molecule has 0 bridgehead atoms. The molecule has 0 amide bonds. The molecule has 0 aliphatic carbocycles. The van der Waals surface area contributed by atoms with Crippen LogP contribution in [0.5, 0.6) is 0 Å². The average molecular weight is 385 g/mol. The summed E-state index contributed by atoms with van der Waals surface area (Å²) in [5.74, 6) is 0. The number of hydrogen-bond donors (Lipinski definition) is 0. The molecule has 1 heterocycles. The van der Waals surface area contributed by atoms with Crippen molar-refractivity contribution in [2.45, 2.75) is 52.4 Å². The summed E-state index contributed by atoms with van der Waals surface area (Å²) >= 11 is 0. The molecule has 3 aromatic rings. The molecule has 0 radical (unpaired) electrons. The smallest absolute Gasteiger partial charge is 0.100 e. The Morgan fingerprint density at radius 2 is 0.966 bits per heavy atom. The van der Waals surface area contributed by atoms with Crippen molar-refractivity contribution in [3.05, 3.63) is 83.9 Å². The molecule has 0 fully saturated rings. The third-order valence-electron chi connectivity index (χ3n) is 5.79. The highest BCUT2D eigenvalue weighted by atomic mass is 15.4. The molecule has 0 atom stereocenters. The van der Waals surface area contributed by atoms with E-state index in [1.165, 1.54) is 33.9 Å². The van der Waals surface area contributed by atoms with Crippen molar-refractivity contribution < 1.29 is 0 Å². The Hall–Kier alpha value is -2.74. The van der Waals surface area contributed by atoms with Gasteiger partial charge in [-0.2, -0.15) is 0 Å². The van der Waals surface area contributed by atoms with Gasteiger partial charge in [0.05, 0.1) is 11.4 Å². The summed E-state index contributed by atoms with van der Waals surface area (Å²) in [6.45, 7) is 14.5. The fourth-order valence-electron chi connectivity index (χ4n) is 3.94. The van der Waals surface area contributed by atoms with Gasteiger partial charge in [0, 0.05) is 11.4 Å². The standard InChI is InChI=1S/C27H32N2/c1-26(2,3)20-11-9-13-22(17-20)28-19-29(25-16-8-7-15-24(25)28)23-14-10-12-21(18-23)27(4,5)6/h7-18H,19H2,1-6H3. The Bertz CT molecular complexity index is 938. The molecule has 0 aromatic heterocycles. The Morgan fingerprint density at radius 3 is 1.34 bits per heavy atom. The molecule has 29 heavy (non-hydrogen) atoms. The maximum Gasteiger partial charge on any atom is 0.100 e. The minimum Gasteiger partial charge on any atom is -0.321 e. The van der Waals surface area contributed by atoms with Crippen LogP contribution in [0, 0.1) is 0 Å². The van der Waals surface area contributed by atoms with E-state index >= 15 is 0 Å². The molecule has 0 spiro atoms. The first-order valence-corrected chi connectivity index (χ1v) is 10.5. The summed E-state index contributed by atoms with van der Waals surface area (Å²) in [4.78, 5) is 4.85. The number of rotatable bonds is 2. The van der Waals surface area contributed by atoms with E-state index in [-0.39, 0.29) is 10.8 Å². The van der Waals surface area contributed by atoms with E-state index in [1.807, 2.05) is 0 Å². The predicted octanol–water partition coefficient (Wildman–Crippen LogP) is 7.53. The molecule has 2 nitrogen and oxygen atoms in total. The molecule has 150 valence electrons. The third kappa shape index (κ3) is 3.76. The second kappa shape index (κ2) is 6.95. The van der Waals surface area contributed by atoms with E-state index in [0.717, 1.165) is 6.67 Å². The highest BCUT2D eigenvalue weighted by Gasteiger charge is 2.29. The second-order valence-electron chi connectivity index (χ2n) is 10.1. The molecular formula is C27H32N2. The van der Waals surface area contributed by atoms with Gasteiger partial charge in [0.1, 0.15) is 6.67 Å². The lowest BCUT2D eigenvalue weighted by atomic mass is 9.87. The molecule has 0 saturated carbocycles. The van der Waals surface area contributed by atoms with E-state index in [4.69, 9.17) is 0 Å². The van der Waals surface area contributed by atoms with Crippen LogP contribution in [-0.4, -0.2) is 6.67 Å². The maximum absolute atomic E-state index is 2.42. The number of nitrogens with zero attached hydrogens (tertiary/aromatic N) is 2. The minimum atomic E-state index is 0.135. The zero-order valence-electron chi connectivity index (χ0n) is 18.5. The fraction of sp³-hybridized carbons (Fsp3) is 0.333. The van der Waals surface area contributed by atoms with Gasteiger partial charge in [-0.25, -0.2) is 0 Å². The number of para-hydroxylation sites is 2. The fourth-order valence-corrected chi connectivity index (χ4v) is 3.94. The summed E-state index contributed by atoms with van der Waals surface area (Å²) in [7, 11) is 0. The van der Waals surface area contributed by atoms with Gasteiger partial charge in [-0.05, 0) is 58.4 Å². The Balaban J connectivity index is 1.76. The van der Waals surface area contributed by atoms with Crippen LogP contribution in [-0.2, 0) is 10.8 Å². The van der Waals surface area contributed by atoms with Crippen LogP contribution in [0.25, 0.3) is 0 Å². The van der Waals surface area contributed by atoms with Gasteiger partial charge < -0.3 is 9.80 Å². The van der Waals surface area contributed by atoms with Crippen LogP contribution in [0.1, 0.15) is 52.7 Å². The lowest BCUT2D eigenvalue weighted by Crippen LogP contribution is -2.24. The van der Waals surface area contributed by atoms with E-state index in [1.54, 1.807) is 0 Å². The summed E-state index contributed by atoms with van der Waals surface area (Å²) in [5, 5.41) is 0. The number of fused-ring (bicyclic) bond motifs is 1. The molecule has 1 aliphatic heterocycles. The van der Waals surface area contributed by atoms with Crippen LogP contribution >= 0.6 is 0 Å². The number of benzene rings is 3. The monoisotopic (exact) mass is 384 g/mol. The van der Waals surface area contributed by atoms with Crippen molar-refractivity contribution in [1.29, 1.82) is 0 Å². The number of hydrogen-bond acceptors (Lipinski definition) is 2. The van der Waals surface area contributed by atoms with Gasteiger partial charge in [0.25, 0.3) is 0 Å². The van der Waals surface area contributed by atoms with Crippen LogP contribution in [0.2, 0.25) is 0 Å². The number of anilines is 4. The summed E-state index contributed by atoms with van der Waals surface area (Å²) in [6.07, 6.45) is 0. The highest BCUT2D eigenvalue weighted by molar-refractivity contribution is 5.87. The molecule has 2 heteroatoms. The molecule has 1 aliphatic rings. The van der Waals surface area contributed by atoms with Crippen molar-refractivity contribution in [2.24, 2.45) is 0 Å². The Labute approximate surface area is 175 Å². The topological polar surface area (TPSA) is 6.48 Å². The first-order chi connectivity index (χ1) is 13.6. The quantitative estimate of drug-likeness (QED) is 0.450. The Morgan fingerprint density at radius 1 is 0.552 bits per heavy atom. The first kappa shape index (κ1) is 19.6. The molecule has 4 rings (SSSR count). The molecule has 3 aromatic carbocycles. The second-order valence-corrected chi connectivity index (χ2v) is 10.1. The maximum atomic E-state index is 2.42. The van der Waals surface area contributed by atoms with Crippen molar-refractivity contribution >= 4 is 22.7 Å². The largest absolute Gasteiger partial charge is 0.321 e. The van der Waals surface area contributed by atoms with Crippen molar-refractivity contribution in [3.63, 3.8) is 0 Å². The van der Waals surface area contributed by atoms with Crippen LogP contribution in [0.4, 0.5) is 22.7 Å². The van der Waals surface area contributed by atoms with Crippen LogP contribution < -0.4 is 9.80 Å². The van der Waals surface area contributed by atoms with Gasteiger partial charge in [0.15, 0.2) is 0 Å². The predicted molar refractivity (Wildman–Crippen MR) is 126 cm³/mol. The van der Waals surface area contributed by atoms with Crippen LogP contribution in [0.3, 0.4) is 0 Å². The zero-order valence-corrected chi connectivity index (χ0v) is 18.5. The van der Waals surface area contributed by atoms with Crippen LogP contribution in [0.15, 0.2) is 72.8 Å². The van der Waals surface area contributed by atoms with Gasteiger partial charge in [-0.15, -0.1) is 0 Å². The SMILES string of the molecule is CC(C)(C)c1cccc(N2CN(c3cccc(C(C)(C)C)c3)c3ccccc32)c1. The summed E-state index contributed by atoms with van der Waals surface area (Å²) in [6, 6.07) is 26.7. The molecule has 0 saturated heterocycles. The van der Waals surface area contributed by atoms with Crippen molar-refractivity contribution in [2.75, 3.05) is 16.5 Å². The average Bonchev–Trinajstić information content (AvgIpc) is 3.07. The normalized spacial score (nSPS) is 14.3. The first-order valence-electron chi connectivity index (χ1n) is 10.5.